The van der Waals surface area contributed by atoms with Crippen LogP contribution < -0.4 is 9.62 Å². The summed E-state index contributed by atoms with van der Waals surface area (Å²) >= 11 is 0. The van der Waals surface area contributed by atoms with Crippen molar-refractivity contribution >= 4 is 38.5 Å². The Morgan fingerprint density at radius 2 is 2.07 bits per heavy atom. The van der Waals surface area contributed by atoms with Gasteiger partial charge in [-0.15, -0.1) is 0 Å². The van der Waals surface area contributed by atoms with Crippen LogP contribution in [0.15, 0.2) is 30.6 Å². The first-order valence-corrected chi connectivity index (χ1v) is 10.2. The molecule has 9 heteroatoms. The number of aromatic amines is 1. The summed E-state index contributed by atoms with van der Waals surface area (Å²) in [6.45, 7) is 4.30. The molecule has 8 nitrogen and oxygen atoms in total. The molecule has 2 aromatic heterocycles. The maximum absolute atomic E-state index is 12.8. The number of rotatable bonds is 3. The summed E-state index contributed by atoms with van der Waals surface area (Å²) in [5, 5.41) is 3.58. The normalized spacial score (nSPS) is 16.0. The van der Waals surface area contributed by atoms with Crippen LogP contribution in [0.2, 0.25) is 0 Å². The highest BCUT2D eigenvalue weighted by Gasteiger charge is 2.28. The minimum absolute atomic E-state index is 0.133. The number of amides is 1. The Balaban J connectivity index is 1.66. The van der Waals surface area contributed by atoms with Gasteiger partial charge < -0.3 is 10.3 Å². The molecule has 2 N–H and O–H groups in total. The predicted octanol–water partition coefficient (Wildman–Crippen LogP) is 2.37. The van der Waals surface area contributed by atoms with Crippen molar-refractivity contribution in [2.24, 2.45) is 0 Å². The molecular weight excluding hydrogens is 366 g/mol. The minimum atomic E-state index is -3.30. The van der Waals surface area contributed by atoms with Gasteiger partial charge in [-0.25, -0.2) is 18.4 Å². The number of anilines is 2. The largest absolute Gasteiger partial charge is 0.343 e. The lowest BCUT2D eigenvalue weighted by Crippen LogP contribution is -2.25. The fraction of sp³-hybridized carbons (Fsp3) is 0.278. The minimum Gasteiger partial charge on any atom is -0.343 e. The van der Waals surface area contributed by atoms with Crippen LogP contribution in [0.1, 0.15) is 28.0 Å². The first-order chi connectivity index (χ1) is 12.9. The Kier molecular flexibility index (Phi) is 4.11. The molecular formula is C18H19N5O3S. The maximum atomic E-state index is 12.8. The first kappa shape index (κ1) is 17.5. The Morgan fingerprint density at radius 3 is 2.81 bits per heavy atom. The molecule has 3 aromatic rings. The molecule has 1 aliphatic rings. The van der Waals surface area contributed by atoms with Gasteiger partial charge in [0.2, 0.25) is 10.0 Å². The molecule has 0 atom stereocenters. The standard InChI is InChI=1S/C18H19N5O3S/c1-11-12(2)21-16-15(11)17(20-10-19-16)22-18(24)13-5-3-6-14(9-13)23-7-4-8-27(23,25)26/h3,5-6,9-10H,4,7-8H2,1-2H3,(H2,19,20,21,22,24). The van der Waals surface area contributed by atoms with Gasteiger partial charge in [-0.05, 0) is 44.0 Å². The van der Waals surface area contributed by atoms with Crippen molar-refractivity contribution in [3.05, 3.63) is 47.4 Å². The Hall–Kier alpha value is -2.94. The number of hydrogen-bond donors (Lipinski definition) is 2. The molecule has 1 aliphatic heterocycles. The van der Waals surface area contributed by atoms with E-state index in [0.717, 1.165) is 16.6 Å². The summed E-state index contributed by atoms with van der Waals surface area (Å²) in [6, 6.07) is 6.61. The van der Waals surface area contributed by atoms with E-state index in [1.165, 1.54) is 10.6 Å². The molecule has 0 radical (unpaired) electrons. The molecule has 0 aliphatic carbocycles. The fourth-order valence-corrected chi connectivity index (χ4v) is 4.86. The van der Waals surface area contributed by atoms with Gasteiger partial charge in [0.05, 0.1) is 16.8 Å². The smallest absolute Gasteiger partial charge is 0.256 e. The SMILES string of the molecule is Cc1[nH]c2ncnc(NC(=O)c3cccc(N4CCCS4(=O)=O)c3)c2c1C. The number of sulfonamides is 1. The Labute approximate surface area is 156 Å². The number of benzene rings is 1. The summed E-state index contributed by atoms with van der Waals surface area (Å²) in [6.07, 6.45) is 1.98. The van der Waals surface area contributed by atoms with Crippen LogP contribution in [-0.4, -0.2) is 41.6 Å². The quantitative estimate of drug-likeness (QED) is 0.720. The van der Waals surface area contributed by atoms with Gasteiger partial charge in [0.25, 0.3) is 5.91 Å². The zero-order chi connectivity index (χ0) is 19.2. The second-order valence-corrected chi connectivity index (χ2v) is 8.58. The average molecular weight is 385 g/mol. The van der Waals surface area contributed by atoms with Crippen molar-refractivity contribution in [3.63, 3.8) is 0 Å². The van der Waals surface area contributed by atoms with Crippen LogP contribution in [0.3, 0.4) is 0 Å². The summed E-state index contributed by atoms with van der Waals surface area (Å²) in [7, 11) is -3.30. The van der Waals surface area contributed by atoms with E-state index >= 15 is 0 Å². The number of aromatic nitrogens is 3. The van der Waals surface area contributed by atoms with E-state index in [2.05, 4.69) is 20.3 Å². The predicted molar refractivity (Wildman–Crippen MR) is 104 cm³/mol. The second-order valence-electron chi connectivity index (χ2n) is 6.57. The molecule has 1 saturated heterocycles. The molecule has 3 heterocycles. The number of hydrogen-bond acceptors (Lipinski definition) is 5. The van der Waals surface area contributed by atoms with Crippen molar-refractivity contribution in [2.45, 2.75) is 20.3 Å². The third-order valence-corrected chi connectivity index (χ3v) is 6.69. The fourth-order valence-electron chi connectivity index (χ4n) is 3.30. The highest BCUT2D eigenvalue weighted by molar-refractivity contribution is 7.93. The molecule has 0 spiro atoms. The van der Waals surface area contributed by atoms with Crippen molar-refractivity contribution in [2.75, 3.05) is 21.9 Å². The van der Waals surface area contributed by atoms with Crippen LogP contribution >= 0.6 is 0 Å². The van der Waals surface area contributed by atoms with E-state index < -0.39 is 10.0 Å². The highest BCUT2D eigenvalue weighted by atomic mass is 32.2. The van der Waals surface area contributed by atoms with E-state index in [1.54, 1.807) is 24.3 Å². The number of nitrogens with zero attached hydrogens (tertiary/aromatic N) is 3. The van der Waals surface area contributed by atoms with Crippen LogP contribution in [0.5, 0.6) is 0 Å². The molecule has 1 amide bonds. The van der Waals surface area contributed by atoms with Gasteiger partial charge >= 0.3 is 0 Å². The van der Waals surface area contributed by atoms with Gasteiger partial charge in [-0.3, -0.25) is 9.10 Å². The van der Waals surface area contributed by atoms with E-state index in [0.29, 0.717) is 35.7 Å². The third-order valence-electron chi connectivity index (χ3n) is 4.82. The van der Waals surface area contributed by atoms with Gasteiger partial charge in [0, 0.05) is 17.8 Å². The Morgan fingerprint density at radius 1 is 1.26 bits per heavy atom. The highest BCUT2D eigenvalue weighted by Crippen LogP contribution is 2.27. The van der Waals surface area contributed by atoms with Crippen LogP contribution in [-0.2, 0) is 10.0 Å². The first-order valence-electron chi connectivity index (χ1n) is 8.58. The second kappa shape index (κ2) is 6.34. The molecule has 4 rings (SSSR count). The van der Waals surface area contributed by atoms with E-state index in [4.69, 9.17) is 0 Å². The van der Waals surface area contributed by atoms with Gasteiger partial charge in [0.1, 0.15) is 17.8 Å². The zero-order valence-corrected chi connectivity index (χ0v) is 15.8. The van der Waals surface area contributed by atoms with Crippen molar-refractivity contribution in [3.8, 4) is 0 Å². The topological polar surface area (TPSA) is 108 Å². The summed E-state index contributed by atoms with van der Waals surface area (Å²) in [5.74, 6) is 0.201. The zero-order valence-electron chi connectivity index (χ0n) is 15.0. The Bertz CT molecular complexity index is 1150. The van der Waals surface area contributed by atoms with Crippen molar-refractivity contribution in [1.29, 1.82) is 0 Å². The van der Waals surface area contributed by atoms with Crippen molar-refractivity contribution < 1.29 is 13.2 Å². The van der Waals surface area contributed by atoms with Crippen molar-refractivity contribution in [1.82, 2.24) is 15.0 Å². The van der Waals surface area contributed by atoms with Crippen LogP contribution in [0.4, 0.5) is 11.5 Å². The summed E-state index contributed by atoms with van der Waals surface area (Å²) in [4.78, 5) is 24.3. The van der Waals surface area contributed by atoms with Crippen LogP contribution in [0, 0.1) is 13.8 Å². The number of aryl methyl sites for hydroxylation is 2. The lowest BCUT2D eigenvalue weighted by Gasteiger charge is -2.17. The van der Waals surface area contributed by atoms with E-state index in [-0.39, 0.29) is 11.7 Å². The molecule has 0 unspecified atom stereocenters. The number of nitrogens with one attached hydrogen (secondary N) is 2. The molecule has 27 heavy (non-hydrogen) atoms. The van der Waals surface area contributed by atoms with E-state index in [1.807, 2.05) is 13.8 Å². The lowest BCUT2D eigenvalue weighted by molar-refractivity contribution is 0.102. The van der Waals surface area contributed by atoms with Gasteiger partial charge in [-0.1, -0.05) is 6.07 Å². The molecule has 1 fully saturated rings. The maximum Gasteiger partial charge on any atom is 0.256 e. The van der Waals surface area contributed by atoms with E-state index in [9.17, 15) is 13.2 Å². The number of carbonyl (C=O) groups is 1. The molecule has 0 bridgehead atoms. The molecule has 1 aromatic carbocycles. The van der Waals surface area contributed by atoms with Crippen LogP contribution in [0.25, 0.3) is 11.0 Å². The number of fused-ring (bicyclic) bond motifs is 1. The lowest BCUT2D eigenvalue weighted by atomic mass is 10.1. The van der Waals surface area contributed by atoms with Gasteiger partial charge in [-0.2, -0.15) is 0 Å². The number of carbonyl (C=O) groups excluding carboxylic acids is 1. The number of H-pyrrole nitrogens is 1. The molecule has 140 valence electrons. The monoisotopic (exact) mass is 385 g/mol. The molecule has 0 saturated carbocycles. The van der Waals surface area contributed by atoms with Gasteiger partial charge in [0.15, 0.2) is 0 Å². The summed E-state index contributed by atoms with van der Waals surface area (Å²) < 4.78 is 25.6. The summed E-state index contributed by atoms with van der Waals surface area (Å²) in [5.41, 5.74) is 3.46. The average Bonchev–Trinajstić information content (AvgIpc) is 3.14. The third kappa shape index (κ3) is 3.03.